The van der Waals surface area contributed by atoms with Crippen LogP contribution in [0.4, 0.5) is 0 Å². The van der Waals surface area contributed by atoms with E-state index in [1.54, 1.807) is 0 Å². The highest BCUT2D eigenvalue weighted by molar-refractivity contribution is 6.31. The molecule has 0 bridgehead atoms. The standard InChI is InChI=1S/C16H17Cl2N/c1-3-19-11(2)15-8-7-14(18)10-16(15)12-5-4-6-13(17)9-12/h4-11,19H,3H2,1-2H3. The lowest BCUT2D eigenvalue weighted by atomic mass is 9.95. The SMILES string of the molecule is CCNC(C)c1ccc(Cl)cc1-c1cccc(Cl)c1. The molecule has 0 aliphatic rings. The maximum absolute atomic E-state index is 6.13. The molecule has 0 radical (unpaired) electrons. The van der Waals surface area contributed by atoms with Crippen molar-refractivity contribution in [2.24, 2.45) is 0 Å². The highest BCUT2D eigenvalue weighted by atomic mass is 35.5. The van der Waals surface area contributed by atoms with Crippen LogP contribution in [0, 0.1) is 0 Å². The first-order valence-corrected chi connectivity index (χ1v) is 7.16. The molecule has 0 fully saturated rings. The fraction of sp³-hybridized carbons (Fsp3) is 0.250. The molecule has 2 aromatic carbocycles. The molecule has 0 spiro atoms. The number of benzene rings is 2. The van der Waals surface area contributed by atoms with Gasteiger partial charge < -0.3 is 5.32 Å². The van der Waals surface area contributed by atoms with Crippen LogP contribution in [0.2, 0.25) is 10.0 Å². The number of hydrogen-bond donors (Lipinski definition) is 1. The zero-order valence-electron chi connectivity index (χ0n) is 11.1. The predicted octanol–water partition coefficient (Wildman–Crippen LogP) is 5.33. The Morgan fingerprint density at radius 2 is 1.79 bits per heavy atom. The molecular weight excluding hydrogens is 277 g/mol. The van der Waals surface area contributed by atoms with Crippen LogP contribution in [0.1, 0.15) is 25.5 Å². The smallest absolute Gasteiger partial charge is 0.0412 e. The monoisotopic (exact) mass is 293 g/mol. The summed E-state index contributed by atoms with van der Waals surface area (Å²) in [6, 6.07) is 14.1. The van der Waals surface area contributed by atoms with Gasteiger partial charge in [0.15, 0.2) is 0 Å². The summed E-state index contributed by atoms with van der Waals surface area (Å²) in [7, 11) is 0. The van der Waals surface area contributed by atoms with Gasteiger partial charge in [0.05, 0.1) is 0 Å². The van der Waals surface area contributed by atoms with Crippen LogP contribution in [0.25, 0.3) is 11.1 Å². The minimum Gasteiger partial charge on any atom is -0.310 e. The fourth-order valence-electron chi connectivity index (χ4n) is 2.23. The van der Waals surface area contributed by atoms with E-state index in [1.807, 2.05) is 30.3 Å². The zero-order chi connectivity index (χ0) is 13.8. The van der Waals surface area contributed by atoms with Crippen molar-refractivity contribution in [1.29, 1.82) is 0 Å². The molecule has 1 unspecified atom stereocenters. The van der Waals surface area contributed by atoms with E-state index in [4.69, 9.17) is 23.2 Å². The molecule has 1 N–H and O–H groups in total. The first-order valence-electron chi connectivity index (χ1n) is 6.40. The van der Waals surface area contributed by atoms with Gasteiger partial charge in [-0.3, -0.25) is 0 Å². The number of rotatable bonds is 4. The minimum absolute atomic E-state index is 0.274. The van der Waals surface area contributed by atoms with Crippen LogP contribution in [-0.2, 0) is 0 Å². The second kappa shape index (κ2) is 6.42. The maximum atomic E-state index is 6.13. The second-order valence-electron chi connectivity index (χ2n) is 4.52. The van der Waals surface area contributed by atoms with Crippen molar-refractivity contribution in [2.75, 3.05) is 6.54 Å². The minimum atomic E-state index is 0.274. The van der Waals surface area contributed by atoms with Gasteiger partial charge in [-0.05, 0) is 54.4 Å². The van der Waals surface area contributed by atoms with E-state index in [2.05, 4.69) is 31.3 Å². The number of hydrogen-bond acceptors (Lipinski definition) is 1. The Kier molecular flexibility index (Phi) is 4.87. The molecule has 3 heteroatoms. The molecule has 100 valence electrons. The zero-order valence-corrected chi connectivity index (χ0v) is 12.6. The second-order valence-corrected chi connectivity index (χ2v) is 5.39. The lowest BCUT2D eigenvalue weighted by molar-refractivity contribution is 0.599. The average Bonchev–Trinajstić information content (AvgIpc) is 2.39. The number of halogens is 2. The Labute approximate surface area is 124 Å². The molecule has 1 nitrogen and oxygen atoms in total. The number of nitrogens with one attached hydrogen (secondary N) is 1. The fourth-order valence-corrected chi connectivity index (χ4v) is 2.59. The van der Waals surface area contributed by atoms with Crippen molar-refractivity contribution >= 4 is 23.2 Å². The molecule has 0 saturated carbocycles. The van der Waals surface area contributed by atoms with Crippen LogP contribution in [0.5, 0.6) is 0 Å². The summed E-state index contributed by atoms with van der Waals surface area (Å²) in [6.07, 6.45) is 0. The maximum Gasteiger partial charge on any atom is 0.0412 e. The van der Waals surface area contributed by atoms with Gasteiger partial charge in [0.1, 0.15) is 0 Å². The summed E-state index contributed by atoms with van der Waals surface area (Å²) in [5.74, 6) is 0. The van der Waals surface area contributed by atoms with Gasteiger partial charge in [-0.1, -0.05) is 48.3 Å². The molecular formula is C16H17Cl2N. The quantitative estimate of drug-likeness (QED) is 0.803. The molecule has 1 atom stereocenters. The van der Waals surface area contributed by atoms with Gasteiger partial charge in [0.2, 0.25) is 0 Å². The van der Waals surface area contributed by atoms with E-state index in [1.165, 1.54) is 5.56 Å². The summed E-state index contributed by atoms with van der Waals surface area (Å²) >= 11 is 12.2. The van der Waals surface area contributed by atoms with Crippen LogP contribution < -0.4 is 5.32 Å². The molecule has 0 heterocycles. The molecule has 2 rings (SSSR count). The first kappa shape index (κ1) is 14.4. The van der Waals surface area contributed by atoms with Gasteiger partial charge in [-0.2, -0.15) is 0 Å². The Morgan fingerprint density at radius 1 is 1.05 bits per heavy atom. The van der Waals surface area contributed by atoms with Gasteiger partial charge in [-0.25, -0.2) is 0 Å². The highest BCUT2D eigenvalue weighted by Gasteiger charge is 2.12. The van der Waals surface area contributed by atoms with E-state index in [0.29, 0.717) is 0 Å². The Balaban J connectivity index is 2.51. The Bertz CT molecular complexity index is 566. The lowest BCUT2D eigenvalue weighted by Gasteiger charge is -2.18. The summed E-state index contributed by atoms with van der Waals surface area (Å²) in [5, 5.41) is 4.90. The first-order chi connectivity index (χ1) is 9.11. The third kappa shape index (κ3) is 3.50. The van der Waals surface area contributed by atoms with Gasteiger partial charge in [0.25, 0.3) is 0 Å². The van der Waals surface area contributed by atoms with Gasteiger partial charge >= 0.3 is 0 Å². The largest absolute Gasteiger partial charge is 0.310 e. The van der Waals surface area contributed by atoms with Crippen molar-refractivity contribution in [1.82, 2.24) is 5.32 Å². The third-order valence-electron chi connectivity index (χ3n) is 3.13. The molecule has 0 saturated heterocycles. The van der Waals surface area contributed by atoms with Crippen LogP contribution >= 0.6 is 23.2 Å². The third-order valence-corrected chi connectivity index (χ3v) is 3.60. The van der Waals surface area contributed by atoms with E-state index in [-0.39, 0.29) is 6.04 Å². The van der Waals surface area contributed by atoms with E-state index >= 15 is 0 Å². The molecule has 0 aliphatic carbocycles. The lowest BCUT2D eigenvalue weighted by Crippen LogP contribution is -2.18. The van der Waals surface area contributed by atoms with E-state index < -0.39 is 0 Å². The Morgan fingerprint density at radius 3 is 2.47 bits per heavy atom. The molecule has 19 heavy (non-hydrogen) atoms. The van der Waals surface area contributed by atoms with Crippen molar-refractivity contribution in [3.63, 3.8) is 0 Å². The molecule has 2 aromatic rings. The van der Waals surface area contributed by atoms with Crippen LogP contribution in [-0.4, -0.2) is 6.54 Å². The van der Waals surface area contributed by atoms with Crippen LogP contribution in [0.15, 0.2) is 42.5 Å². The van der Waals surface area contributed by atoms with Crippen molar-refractivity contribution in [2.45, 2.75) is 19.9 Å². The van der Waals surface area contributed by atoms with Gasteiger partial charge in [-0.15, -0.1) is 0 Å². The molecule has 0 aromatic heterocycles. The topological polar surface area (TPSA) is 12.0 Å². The van der Waals surface area contributed by atoms with Gasteiger partial charge in [0, 0.05) is 16.1 Å². The van der Waals surface area contributed by atoms with Crippen molar-refractivity contribution in [3.8, 4) is 11.1 Å². The summed E-state index contributed by atoms with van der Waals surface area (Å²) in [6.45, 7) is 5.19. The predicted molar refractivity (Wildman–Crippen MR) is 84.0 cm³/mol. The van der Waals surface area contributed by atoms with Crippen molar-refractivity contribution in [3.05, 3.63) is 58.1 Å². The molecule has 0 amide bonds. The van der Waals surface area contributed by atoms with E-state index in [9.17, 15) is 0 Å². The van der Waals surface area contributed by atoms with Crippen LogP contribution in [0.3, 0.4) is 0 Å². The normalized spacial score (nSPS) is 12.4. The van der Waals surface area contributed by atoms with E-state index in [0.717, 1.165) is 27.7 Å². The Hall–Kier alpha value is -1.02. The van der Waals surface area contributed by atoms with Crippen molar-refractivity contribution < 1.29 is 0 Å². The summed E-state index contributed by atoms with van der Waals surface area (Å²) in [5.41, 5.74) is 3.45. The highest BCUT2D eigenvalue weighted by Crippen LogP contribution is 2.32. The summed E-state index contributed by atoms with van der Waals surface area (Å²) in [4.78, 5) is 0. The molecule has 0 aliphatic heterocycles. The summed E-state index contributed by atoms with van der Waals surface area (Å²) < 4.78 is 0. The average molecular weight is 294 g/mol.